The fourth-order valence-electron chi connectivity index (χ4n) is 0.868. The molecule has 2 aromatic heterocycles. The molecule has 0 aliphatic carbocycles. The Hall–Kier alpha value is -1.36. The van der Waals surface area contributed by atoms with Crippen LogP contribution in [0.15, 0.2) is 24.7 Å². The van der Waals surface area contributed by atoms with Crippen molar-refractivity contribution < 1.29 is 0 Å². The lowest BCUT2D eigenvalue weighted by Gasteiger charge is -1.91. The highest BCUT2D eigenvalue weighted by atomic mass is 32.1. The molecule has 0 atom stereocenters. The number of rotatable bonds is 2. The van der Waals surface area contributed by atoms with Crippen LogP contribution in [0.5, 0.6) is 0 Å². The quantitative estimate of drug-likeness (QED) is 0.759. The maximum absolute atomic E-state index is 4.19. The highest BCUT2D eigenvalue weighted by Crippen LogP contribution is 2.20. The maximum atomic E-state index is 4.19. The Labute approximate surface area is 73.9 Å². The summed E-state index contributed by atoms with van der Waals surface area (Å²) in [5, 5.41) is 9.02. The van der Waals surface area contributed by atoms with Crippen molar-refractivity contribution in [3.05, 3.63) is 24.7 Å². The van der Waals surface area contributed by atoms with Crippen LogP contribution in [0.2, 0.25) is 0 Å². The highest BCUT2D eigenvalue weighted by molar-refractivity contribution is 7.18. The molecule has 2 heterocycles. The molecule has 1 N–H and O–H groups in total. The van der Waals surface area contributed by atoms with E-state index in [9.17, 15) is 0 Å². The molecule has 0 aliphatic rings. The van der Waals surface area contributed by atoms with E-state index in [0.29, 0.717) is 0 Å². The third-order valence-corrected chi connectivity index (χ3v) is 2.44. The second kappa shape index (κ2) is 2.94. The van der Waals surface area contributed by atoms with E-state index in [1.54, 1.807) is 28.4 Å². The van der Waals surface area contributed by atoms with Gasteiger partial charge in [0.15, 0.2) is 0 Å². The summed E-state index contributed by atoms with van der Waals surface area (Å²) in [6.45, 7) is 0. The SMILES string of the molecule is CNc1cnc(-n2cccn2)s1. The molecule has 0 bridgehead atoms. The van der Waals surface area contributed by atoms with E-state index in [1.165, 1.54) is 0 Å². The molecule has 0 saturated heterocycles. The molecule has 12 heavy (non-hydrogen) atoms. The summed E-state index contributed by atoms with van der Waals surface area (Å²) < 4.78 is 1.74. The summed E-state index contributed by atoms with van der Waals surface area (Å²) in [6.07, 6.45) is 5.40. The summed E-state index contributed by atoms with van der Waals surface area (Å²) >= 11 is 1.57. The number of nitrogens with one attached hydrogen (secondary N) is 1. The van der Waals surface area contributed by atoms with E-state index in [0.717, 1.165) is 10.1 Å². The fraction of sp³-hybridized carbons (Fsp3) is 0.143. The molecule has 2 aromatic rings. The van der Waals surface area contributed by atoms with Crippen LogP contribution in [0.3, 0.4) is 0 Å². The summed E-state index contributed by atoms with van der Waals surface area (Å²) in [5.74, 6) is 0. The predicted octanol–water partition coefficient (Wildman–Crippen LogP) is 1.37. The Morgan fingerprint density at radius 2 is 2.50 bits per heavy atom. The summed E-state index contributed by atoms with van der Waals surface area (Å²) in [4.78, 5) is 4.19. The first-order chi connectivity index (χ1) is 5.90. The van der Waals surface area contributed by atoms with Gasteiger partial charge in [-0.1, -0.05) is 11.3 Å². The molecule has 0 unspecified atom stereocenters. The maximum Gasteiger partial charge on any atom is 0.212 e. The standard InChI is InChI=1S/C7H8N4S/c1-8-6-5-9-7(12-6)11-4-2-3-10-11/h2-5,8H,1H3. The van der Waals surface area contributed by atoms with Gasteiger partial charge in [0.05, 0.1) is 6.20 Å². The average Bonchev–Trinajstić information content (AvgIpc) is 2.75. The number of nitrogens with zero attached hydrogens (tertiary/aromatic N) is 3. The molecule has 0 aliphatic heterocycles. The van der Waals surface area contributed by atoms with Gasteiger partial charge in [-0.3, -0.25) is 0 Å². The fourth-order valence-corrected chi connectivity index (χ4v) is 1.58. The zero-order valence-electron chi connectivity index (χ0n) is 6.56. The normalized spacial score (nSPS) is 10.1. The predicted molar refractivity (Wildman–Crippen MR) is 48.8 cm³/mol. The van der Waals surface area contributed by atoms with Crippen molar-refractivity contribution in [2.75, 3.05) is 12.4 Å². The average molecular weight is 180 g/mol. The van der Waals surface area contributed by atoms with E-state index >= 15 is 0 Å². The number of hydrogen-bond donors (Lipinski definition) is 1. The van der Waals surface area contributed by atoms with Gasteiger partial charge in [-0.15, -0.1) is 0 Å². The van der Waals surface area contributed by atoms with Crippen LogP contribution >= 0.6 is 11.3 Å². The Morgan fingerprint density at radius 1 is 1.58 bits per heavy atom. The van der Waals surface area contributed by atoms with Gasteiger partial charge in [-0.25, -0.2) is 9.67 Å². The zero-order valence-corrected chi connectivity index (χ0v) is 7.38. The van der Waals surface area contributed by atoms with Gasteiger partial charge >= 0.3 is 0 Å². The topological polar surface area (TPSA) is 42.7 Å². The largest absolute Gasteiger partial charge is 0.379 e. The van der Waals surface area contributed by atoms with Crippen LogP contribution in [0, 0.1) is 0 Å². The third-order valence-electron chi connectivity index (χ3n) is 1.44. The molecule has 5 heteroatoms. The highest BCUT2D eigenvalue weighted by Gasteiger charge is 2.01. The minimum absolute atomic E-state index is 0.879. The lowest BCUT2D eigenvalue weighted by atomic mass is 10.8. The zero-order chi connectivity index (χ0) is 8.39. The van der Waals surface area contributed by atoms with Gasteiger partial charge in [-0.2, -0.15) is 5.10 Å². The Morgan fingerprint density at radius 3 is 3.08 bits per heavy atom. The van der Waals surface area contributed by atoms with Gasteiger partial charge in [0.1, 0.15) is 5.00 Å². The molecule has 0 spiro atoms. The molecule has 0 aromatic carbocycles. The molecule has 0 saturated carbocycles. The van der Waals surface area contributed by atoms with Crippen molar-refractivity contribution in [2.45, 2.75) is 0 Å². The molecular formula is C7H8N4S. The van der Waals surface area contributed by atoms with E-state index < -0.39 is 0 Å². The second-order valence-corrected chi connectivity index (χ2v) is 3.22. The first kappa shape index (κ1) is 7.30. The molecule has 4 nitrogen and oxygen atoms in total. The summed E-state index contributed by atoms with van der Waals surface area (Å²) in [7, 11) is 1.88. The van der Waals surface area contributed by atoms with Gasteiger partial charge in [0.2, 0.25) is 5.13 Å². The van der Waals surface area contributed by atoms with Gasteiger partial charge in [-0.05, 0) is 6.07 Å². The minimum atomic E-state index is 0.879. The van der Waals surface area contributed by atoms with Crippen LogP contribution in [-0.4, -0.2) is 21.8 Å². The Balaban J connectivity index is 2.35. The van der Waals surface area contributed by atoms with Crippen molar-refractivity contribution >= 4 is 16.3 Å². The second-order valence-electron chi connectivity index (χ2n) is 2.21. The van der Waals surface area contributed by atoms with E-state index in [4.69, 9.17) is 0 Å². The smallest absolute Gasteiger partial charge is 0.212 e. The van der Waals surface area contributed by atoms with Crippen LogP contribution in [0.4, 0.5) is 5.00 Å². The van der Waals surface area contributed by atoms with Crippen molar-refractivity contribution in [1.29, 1.82) is 0 Å². The van der Waals surface area contributed by atoms with Crippen molar-refractivity contribution in [3.63, 3.8) is 0 Å². The molecule has 0 amide bonds. The van der Waals surface area contributed by atoms with Crippen LogP contribution in [0.25, 0.3) is 5.13 Å². The van der Waals surface area contributed by atoms with Crippen LogP contribution < -0.4 is 5.32 Å². The number of hydrogen-bond acceptors (Lipinski definition) is 4. The van der Waals surface area contributed by atoms with Gasteiger partial charge in [0, 0.05) is 19.4 Å². The summed E-state index contributed by atoms with van der Waals surface area (Å²) in [5.41, 5.74) is 0. The molecule has 0 fully saturated rings. The van der Waals surface area contributed by atoms with Crippen LogP contribution in [0.1, 0.15) is 0 Å². The third kappa shape index (κ3) is 1.18. The molecule has 62 valence electrons. The first-order valence-electron chi connectivity index (χ1n) is 3.54. The van der Waals surface area contributed by atoms with Crippen molar-refractivity contribution in [2.24, 2.45) is 0 Å². The molecule has 2 rings (SSSR count). The van der Waals surface area contributed by atoms with Gasteiger partial charge < -0.3 is 5.32 Å². The van der Waals surface area contributed by atoms with Crippen molar-refractivity contribution in [3.8, 4) is 5.13 Å². The van der Waals surface area contributed by atoms with E-state index in [2.05, 4.69) is 15.4 Å². The molecule has 0 radical (unpaired) electrons. The van der Waals surface area contributed by atoms with E-state index in [1.807, 2.05) is 19.3 Å². The lowest BCUT2D eigenvalue weighted by Crippen LogP contribution is -1.91. The first-order valence-corrected chi connectivity index (χ1v) is 4.35. The van der Waals surface area contributed by atoms with Crippen LogP contribution in [-0.2, 0) is 0 Å². The van der Waals surface area contributed by atoms with Gasteiger partial charge in [0.25, 0.3) is 0 Å². The summed E-state index contributed by atoms with van der Waals surface area (Å²) in [6, 6.07) is 1.88. The van der Waals surface area contributed by atoms with Crippen molar-refractivity contribution in [1.82, 2.24) is 14.8 Å². The minimum Gasteiger partial charge on any atom is -0.379 e. The number of anilines is 1. The lowest BCUT2D eigenvalue weighted by molar-refractivity contribution is 0.869. The number of aromatic nitrogens is 3. The van der Waals surface area contributed by atoms with E-state index in [-0.39, 0.29) is 0 Å². The molecular weight excluding hydrogens is 172 g/mol. The number of thiazole rings is 1. The Bertz CT molecular complexity index is 351. The monoisotopic (exact) mass is 180 g/mol. The Kier molecular flexibility index (Phi) is 1.79.